The van der Waals surface area contributed by atoms with Crippen LogP contribution in [0.5, 0.6) is 23.0 Å². The number of aromatic nitrogens is 1. The first kappa shape index (κ1) is 22.5. The number of Topliss-reactive ketones (excluding diaryl/α,β-unsaturated/α-hetero) is 1. The van der Waals surface area contributed by atoms with Gasteiger partial charge in [-0.05, 0) is 65.2 Å². The molecule has 4 aromatic rings. The lowest BCUT2D eigenvalue weighted by Crippen LogP contribution is -2.15. The van der Waals surface area contributed by atoms with Gasteiger partial charge in [0.05, 0.1) is 19.3 Å². The van der Waals surface area contributed by atoms with Crippen LogP contribution in [0.25, 0.3) is 0 Å². The van der Waals surface area contributed by atoms with Crippen molar-refractivity contribution in [1.82, 2.24) is 4.98 Å². The first-order valence-corrected chi connectivity index (χ1v) is 11.4. The molecular formula is C29H25NO5. The third-order valence-corrected chi connectivity index (χ3v) is 5.85. The van der Waals surface area contributed by atoms with Crippen LogP contribution in [0.15, 0.2) is 91.3 Å². The quantitative estimate of drug-likeness (QED) is 0.326. The van der Waals surface area contributed by atoms with Gasteiger partial charge in [0.25, 0.3) is 0 Å². The minimum Gasteiger partial charge on any atom is -0.497 e. The van der Waals surface area contributed by atoms with Crippen molar-refractivity contribution in [2.24, 2.45) is 0 Å². The summed E-state index contributed by atoms with van der Waals surface area (Å²) in [7, 11) is 1.65. The number of pyridine rings is 1. The van der Waals surface area contributed by atoms with E-state index in [-0.39, 0.29) is 11.9 Å². The van der Waals surface area contributed by atoms with Gasteiger partial charge in [-0.3, -0.25) is 9.78 Å². The van der Waals surface area contributed by atoms with E-state index in [1.165, 1.54) is 0 Å². The monoisotopic (exact) mass is 467 g/mol. The molecule has 1 aliphatic heterocycles. The molecule has 35 heavy (non-hydrogen) atoms. The van der Waals surface area contributed by atoms with Crippen molar-refractivity contribution in [3.63, 3.8) is 0 Å². The average Bonchev–Trinajstić information content (AvgIpc) is 2.92. The maximum Gasteiger partial charge on any atom is 0.169 e. The highest BCUT2D eigenvalue weighted by molar-refractivity contribution is 5.99. The molecule has 0 saturated heterocycles. The van der Waals surface area contributed by atoms with Crippen molar-refractivity contribution in [3.05, 3.63) is 114 Å². The molecule has 0 spiro atoms. The fraction of sp³-hybridized carbons (Fsp3) is 0.172. The zero-order chi connectivity index (χ0) is 24.0. The Labute approximate surface area is 204 Å². The summed E-state index contributed by atoms with van der Waals surface area (Å²) in [5.74, 6) is 2.86. The van der Waals surface area contributed by atoms with Gasteiger partial charge in [-0.1, -0.05) is 24.3 Å². The van der Waals surface area contributed by atoms with E-state index >= 15 is 0 Å². The third kappa shape index (κ3) is 5.27. The number of hydrogen-bond donors (Lipinski definition) is 0. The lowest BCUT2D eigenvalue weighted by molar-refractivity contribution is 0.0933. The molecule has 0 unspecified atom stereocenters. The first-order valence-electron chi connectivity index (χ1n) is 11.4. The lowest BCUT2D eigenvalue weighted by atomic mass is 10.0. The van der Waals surface area contributed by atoms with E-state index in [0.717, 1.165) is 28.2 Å². The Morgan fingerprint density at radius 1 is 0.857 bits per heavy atom. The number of methoxy groups -OCH3 is 1. The van der Waals surface area contributed by atoms with Crippen LogP contribution in [-0.2, 0) is 6.61 Å². The summed E-state index contributed by atoms with van der Waals surface area (Å²) in [6.45, 7) is 0.850. The molecule has 1 atom stereocenters. The molecule has 0 amide bonds. The van der Waals surface area contributed by atoms with Crippen LogP contribution >= 0.6 is 0 Å². The number of rotatable bonds is 8. The molecule has 2 heterocycles. The van der Waals surface area contributed by atoms with Crippen molar-refractivity contribution >= 4 is 5.78 Å². The van der Waals surface area contributed by atoms with E-state index in [2.05, 4.69) is 4.98 Å². The molecule has 6 heteroatoms. The highest BCUT2D eigenvalue weighted by Crippen LogP contribution is 2.34. The summed E-state index contributed by atoms with van der Waals surface area (Å²) in [4.78, 5) is 16.3. The minimum atomic E-state index is -0.369. The standard InChI is InChI=1S/C29H25NO5/c1-32-23-6-2-20(3-7-23)19-34-24-8-4-21(5-9-24)29(22-12-15-30-16-13-22)35-25-10-11-26-27(31)14-17-33-28(26)18-25/h2-13,15-16,18,29H,14,17,19H2,1H3/t29-/m0/s1. The molecule has 0 fully saturated rings. The normalized spacial score (nSPS) is 13.3. The molecule has 6 nitrogen and oxygen atoms in total. The predicted molar refractivity (Wildman–Crippen MR) is 131 cm³/mol. The Balaban J connectivity index is 1.34. The molecule has 5 rings (SSSR count). The van der Waals surface area contributed by atoms with Crippen LogP contribution in [0.4, 0.5) is 0 Å². The number of carbonyl (C=O) groups is 1. The fourth-order valence-corrected chi connectivity index (χ4v) is 3.94. The summed E-state index contributed by atoms with van der Waals surface area (Å²) in [6, 6.07) is 24.9. The Bertz CT molecular complexity index is 1290. The predicted octanol–water partition coefficient (Wildman–Crippen LogP) is 5.80. The molecule has 0 radical (unpaired) electrons. The molecule has 0 N–H and O–H groups in total. The number of nitrogens with zero attached hydrogens (tertiary/aromatic N) is 1. The van der Waals surface area contributed by atoms with Crippen LogP contribution in [0.3, 0.4) is 0 Å². The molecule has 3 aromatic carbocycles. The van der Waals surface area contributed by atoms with E-state index in [1.807, 2.05) is 66.7 Å². The number of ether oxygens (including phenoxy) is 4. The molecule has 1 aliphatic rings. The van der Waals surface area contributed by atoms with E-state index in [9.17, 15) is 4.79 Å². The fourth-order valence-electron chi connectivity index (χ4n) is 3.94. The van der Waals surface area contributed by atoms with E-state index in [0.29, 0.717) is 36.7 Å². The van der Waals surface area contributed by atoms with Gasteiger partial charge in [0.2, 0.25) is 0 Å². The number of fused-ring (bicyclic) bond motifs is 1. The molecular weight excluding hydrogens is 442 g/mol. The third-order valence-electron chi connectivity index (χ3n) is 5.85. The lowest BCUT2D eigenvalue weighted by Gasteiger charge is -2.22. The largest absolute Gasteiger partial charge is 0.497 e. The van der Waals surface area contributed by atoms with Gasteiger partial charge in [-0.15, -0.1) is 0 Å². The second kappa shape index (κ2) is 10.3. The number of hydrogen-bond acceptors (Lipinski definition) is 6. The van der Waals surface area contributed by atoms with Crippen molar-refractivity contribution in [1.29, 1.82) is 0 Å². The van der Waals surface area contributed by atoms with Gasteiger partial charge in [0.1, 0.15) is 35.7 Å². The van der Waals surface area contributed by atoms with Crippen LogP contribution in [0.1, 0.15) is 39.6 Å². The highest BCUT2D eigenvalue weighted by atomic mass is 16.5. The summed E-state index contributed by atoms with van der Waals surface area (Å²) in [6.07, 6.45) is 3.52. The zero-order valence-electron chi connectivity index (χ0n) is 19.3. The minimum absolute atomic E-state index is 0.0914. The van der Waals surface area contributed by atoms with E-state index in [4.69, 9.17) is 18.9 Å². The number of benzene rings is 3. The topological polar surface area (TPSA) is 66.9 Å². The average molecular weight is 468 g/mol. The van der Waals surface area contributed by atoms with E-state index < -0.39 is 0 Å². The first-order chi connectivity index (χ1) is 17.2. The van der Waals surface area contributed by atoms with Gasteiger partial charge in [-0.25, -0.2) is 0 Å². The zero-order valence-corrected chi connectivity index (χ0v) is 19.3. The summed E-state index contributed by atoms with van der Waals surface area (Å²) in [5, 5.41) is 0. The SMILES string of the molecule is COc1ccc(COc2ccc([C@H](Oc3ccc4c(c3)OCCC4=O)c3ccncc3)cc2)cc1. The van der Waals surface area contributed by atoms with Crippen molar-refractivity contribution in [2.45, 2.75) is 19.1 Å². The van der Waals surface area contributed by atoms with Crippen molar-refractivity contribution in [2.75, 3.05) is 13.7 Å². The maximum absolute atomic E-state index is 12.1. The highest BCUT2D eigenvalue weighted by Gasteiger charge is 2.21. The van der Waals surface area contributed by atoms with Crippen LogP contribution in [-0.4, -0.2) is 24.5 Å². The van der Waals surface area contributed by atoms with E-state index in [1.54, 1.807) is 31.6 Å². The van der Waals surface area contributed by atoms with Crippen molar-refractivity contribution < 1.29 is 23.7 Å². The summed E-state index contributed by atoms with van der Waals surface area (Å²) < 4.78 is 23.2. The molecule has 0 aliphatic carbocycles. The second-order valence-electron chi connectivity index (χ2n) is 8.16. The number of ketones is 1. The Hall–Kier alpha value is -4.32. The van der Waals surface area contributed by atoms with Crippen LogP contribution in [0, 0.1) is 0 Å². The smallest absolute Gasteiger partial charge is 0.169 e. The number of carbonyl (C=O) groups excluding carboxylic acids is 1. The van der Waals surface area contributed by atoms with Crippen LogP contribution in [0.2, 0.25) is 0 Å². The Kier molecular flexibility index (Phi) is 6.61. The van der Waals surface area contributed by atoms with Gasteiger partial charge in [-0.2, -0.15) is 0 Å². The summed E-state index contributed by atoms with van der Waals surface area (Å²) >= 11 is 0. The molecule has 176 valence electrons. The van der Waals surface area contributed by atoms with Crippen LogP contribution < -0.4 is 18.9 Å². The molecule has 1 aromatic heterocycles. The Morgan fingerprint density at radius 2 is 1.54 bits per heavy atom. The van der Waals surface area contributed by atoms with Gasteiger partial charge < -0.3 is 18.9 Å². The maximum atomic E-state index is 12.1. The molecule has 0 saturated carbocycles. The van der Waals surface area contributed by atoms with Gasteiger partial charge in [0.15, 0.2) is 5.78 Å². The van der Waals surface area contributed by atoms with Gasteiger partial charge in [0, 0.05) is 24.9 Å². The molecule has 0 bridgehead atoms. The van der Waals surface area contributed by atoms with Gasteiger partial charge >= 0.3 is 0 Å². The second-order valence-corrected chi connectivity index (χ2v) is 8.16. The Morgan fingerprint density at radius 3 is 2.29 bits per heavy atom. The van der Waals surface area contributed by atoms with Crippen molar-refractivity contribution in [3.8, 4) is 23.0 Å². The summed E-state index contributed by atoms with van der Waals surface area (Å²) in [5.41, 5.74) is 3.58.